The van der Waals surface area contributed by atoms with Gasteiger partial charge < -0.3 is 15.1 Å². The highest BCUT2D eigenvalue weighted by Crippen LogP contribution is 2.40. The number of hydrogen-bond donors (Lipinski definition) is 1. The van der Waals surface area contributed by atoms with Gasteiger partial charge in [-0.2, -0.15) is 0 Å². The minimum atomic E-state index is -0.431. The first-order chi connectivity index (χ1) is 13.8. The third kappa shape index (κ3) is 4.98. The van der Waals surface area contributed by atoms with Crippen LogP contribution in [0.25, 0.3) is 0 Å². The number of rotatable bonds is 6. The van der Waals surface area contributed by atoms with Crippen LogP contribution in [0.4, 0.5) is 0 Å². The Balaban J connectivity index is 1.60. The van der Waals surface area contributed by atoms with Gasteiger partial charge >= 0.3 is 0 Å². The van der Waals surface area contributed by atoms with Crippen LogP contribution in [0.5, 0.6) is 0 Å². The fourth-order valence-corrected chi connectivity index (χ4v) is 4.50. The molecule has 0 aliphatic carbocycles. The number of nitrogens with zero attached hydrogens (tertiary/aromatic N) is 2. The summed E-state index contributed by atoms with van der Waals surface area (Å²) in [5.41, 5.74) is 2.03. The van der Waals surface area contributed by atoms with Gasteiger partial charge in [-0.25, -0.2) is 0 Å². The van der Waals surface area contributed by atoms with Crippen LogP contribution in [0.15, 0.2) is 24.3 Å². The summed E-state index contributed by atoms with van der Waals surface area (Å²) in [6.45, 7) is 8.70. The highest BCUT2D eigenvalue weighted by molar-refractivity contribution is 5.86. The predicted octanol–water partition coefficient (Wildman–Crippen LogP) is 2.68. The fourth-order valence-electron chi connectivity index (χ4n) is 4.50. The summed E-state index contributed by atoms with van der Waals surface area (Å²) in [4.78, 5) is 40.6. The van der Waals surface area contributed by atoms with Gasteiger partial charge in [-0.3, -0.25) is 14.4 Å². The van der Waals surface area contributed by atoms with Crippen molar-refractivity contribution in [1.82, 2.24) is 15.1 Å². The van der Waals surface area contributed by atoms with E-state index in [1.54, 1.807) is 4.90 Å². The molecule has 1 unspecified atom stereocenters. The van der Waals surface area contributed by atoms with Gasteiger partial charge in [0.15, 0.2) is 0 Å². The lowest BCUT2D eigenvalue weighted by molar-refractivity contribution is -0.146. The van der Waals surface area contributed by atoms with Gasteiger partial charge in [-0.15, -0.1) is 0 Å². The Morgan fingerprint density at radius 3 is 2.52 bits per heavy atom. The van der Waals surface area contributed by atoms with Crippen LogP contribution in [0.3, 0.4) is 0 Å². The van der Waals surface area contributed by atoms with Crippen LogP contribution in [-0.2, 0) is 20.9 Å². The van der Waals surface area contributed by atoms with E-state index in [2.05, 4.69) is 43.4 Å². The molecule has 2 fully saturated rings. The summed E-state index contributed by atoms with van der Waals surface area (Å²) in [6, 6.07) is 8.54. The van der Waals surface area contributed by atoms with E-state index in [0.29, 0.717) is 32.1 Å². The number of piperidine rings is 1. The van der Waals surface area contributed by atoms with E-state index < -0.39 is 5.41 Å². The van der Waals surface area contributed by atoms with E-state index in [1.165, 1.54) is 12.5 Å². The normalized spacial score (nSPS) is 21.9. The smallest absolute Gasteiger partial charge is 0.230 e. The Labute approximate surface area is 173 Å². The summed E-state index contributed by atoms with van der Waals surface area (Å²) in [5, 5.41) is 2.66. The largest absolute Gasteiger partial charge is 0.356 e. The standard InChI is InChI=1S/C23H33N3O3/c1-17(2)20-7-5-19(6-8-20)15-25-13-4-10-23(22(25)29)11-14-26(16-23)21(28)9-12-24-18(3)27/h5-8,17H,4,9-16H2,1-3H3,(H,24,27). The molecule has 1 aromatic carbocycles. The monoisotopic (exact) mass is 399 g/mol. The third-order valence-electron chi connectivity index (χ3n) is 6.26. The van der Waals surface area contributed by atoms with Gasteiger partial charge in [0.25, 0.3) is 0 Å². The van der Waals surface area contributed by atoms with Crippen LogP contribution in [0.1, 0.15) is 63.5 Å². The molecular weight excluding hydrogens is 366 g/mol. The molecule has 1 atom stereocenters. The van der Waals surface area contributed by atoms with Gasteiger partial charge in [0, 0.05) is 46.1 Å². The zero-order valence-electron chi connectivity index (χ0n) is 17.9. The fraction of sp³-hybridized carbons (Fsp3) is 0.609. The van der Waals surface area contributed by atoms with Crippen LogP contribution in [0.2, 0.25) is 0 Å². The molecule has 2 saturated heterocycles. The molecule has 0 radical (unpaired) electrons. The van der Waals surface area contributed by atoms with Crippen molar-refractivity contribution in [2.45, 2.75) is 58.9 Å². The van der Waals surface area contributed by atoms with E-state index in [-0.39, 0.29) is 24.1 Å². The third-order valence-corrected chi connectivity index (χ3v) is 6.26. The molecule has 1 spiro atoms. The maximum absolute atomic E-state index is 13.3. The summed E-state index contributed by atoms with van der Waals surface area (Å²) >= 11 is 0. The Morgan fingerprint density at radius 2 is 1.86 bits per heavy atom. The second-order valence-electron chi connectivity index (χ2n) is 8.81. The number of hydrogen-bond acceptors (Lipinski definition) is 3. The highest BCUT2D eigenvalue weighted by atomic mass is 16.2. The van der Waals surface area contributed by atoms with E-state index in [9.17, 15) is 14.4 Å². The minimum Gasteiger partial charge on any atom is -0.356 e. The zero-order valence-corrected chi connectivity index (χ0v) is 17.9. The quantitative estimate of drug-likeness (QED) is 0.800. The molecular formula is C23H33N3O3. The summed E-state index contributed by atoms with van der Waals surface area (Å²) in [6.07, 6.45) is 2.85. The average molecular weight is 400 g/mol. The van der Waals surface area contributed by atoms with Crippen LogP contribution in [-0.4, -0.2) is 53.7 Å². The molecule has 2 aliphatic heterocycles. The van der Waals surface area contributed by atoms with Crippen molar-refractivity contribution in [2.75, 3.05) is 26.2 Å². The lowest BCUT2D eigenvalue weighted by atomic mass is 9.78. The molecule has 1 aromatic rings. The lowest BCUT2D eigenvalue weighted by Gasteiger charge is -2.39. The molecule has 6 nitrogen and oxygen atoms in total. The van der Waals surface area contributed by atoms with Gasteiger partial charge in [0.1, 0.15) is 0 Å². The zero-order chi connectivity index (χ0) is 21.0. The highest BCUT2D eigenvalue weighted by Gasteiger charge is 2.49. The van der Waals surface area contributed by atoms with Gasteiger partial charge in [-0.1, -0.05) is 38.1 Å². The van der Waals surface area contributed by atoms with Crippen molar-refractivity contribution in [2.24, 2.45) is 5.41 Å². The lowest BCUT2D eigenvalue weighted by Crippen LogP contribution is -2.50. The Bertz CT molecular complexity index is 759. The Kier molecular flexibility index (Phi) is 6.60. The molecule has 3 amide bonds. The molecule has 6 heteroatoms. The predicted molar refractivity (Wildman–Crippen MR) is 112 cm³/mol. The summed E-state index contributed by atoms with van der Waals surface area (Å²) < 4.78 is 0. The number of nitrogens with one attached hydrogen (secondary N) is 1. The van der Waals surface area contributed by atoms with E-state index in [0.717, 1.165) is 31.4 Å². The van der Waals surface area contributed by atoms with Crippen LogP contribution in [0, 0.1) is 5.41 Å². The number of carbonyl (C=O) groups excluding carboxylic acids is 3. The van der Waals surface area contributed by atoms with E-state index in [4.69, 9.17) is 0 Å². The first kappa shape index (κ1) is 21.3. The second kappa shape index (κ2) is 8.97. The first-order valence-corrected chi connectivity index (χ1v) is 10.7. The molecule has 0 bridgehead atoms. The van der Waals surface area contributed by atoms with Crippen LogP contribution < -0.4 is 5.32 Å². The van der Waals surface area contributed by atoms with Crippen molar-refractivity contribution in [1.29, 1.82) is 0 Å². The maximum Gasteiger partial charge on any atom is 0.230 e. The van der Waals surface area contributed by atoms with Gasteiger partial charge in [-0.05, 0) is 36.3 Å². The first-order valence-electron chi connectivity index (χ1n) is 10.7. The molecule has 0 saturated carbocycles. The minimum absolute atomic E-state index is 0.0184. The van der Waals surface area contributed by atoms with Gasteiger partial charge in [0.05, 0.1) is 5.41 Å². The Hall–Kier alpha value is -2.37. The van der Waals surface area contributed by atoms with Crippen molar-refractivity contribution in [3.63, 3.8) is 0 Å². The summed E-state index contributed by atoms with van der Waals surface area (Å²) in [7, 11) is 0. The maximum atomic E-state index is 13.3. The number of amides is 3. The van der Waals surface area contributed by atoms with Crippen molar-refractivity contribution >= 4 is 17.7 Å². The second-order valence-corrected chi connectivity index (χ2v) is 8.81. The average Bonchev–Trinajstić information content (AvgIpc) is 3.11. The van der Waals surface area contributed by atoms with E-state index >= 15 is 0 Å². The molecule has 29 heavy (non-hydrogen) atoms. The molecule has 1 N–H and O–H groups in total. The van der Waals surface area contributed by atoms with Crippen molar-refractivity contribution < 1.29 is 14.4 Å². The number of benzene rings is 1. The molecule has 3 rings (SSSR count). The Morgan fingerprint density at radius 1 is 1.14 bits per heavy atom. The molecule has 2 aliphatic rings. The van der Waals surface area contributed by atoms with E-state index in [1.807, 2.05) is 4.90 Å². The van der Waals surface area contributed by atoms with Crippen LogP contribution >= 0.6 is 0 Å². The molecule has 158 valence electrons. The number of likely N-dealkylation sites (tertiary alicyclic amines) is 2. The summed E-state index contributed by atoms with van der Waals surface area (Å²) in [5.74, 6) is 0.575. The van der Waals surface area contributed by atoms with Crippen molar-refractivity contribution in [3.8, 4) is 0 Å². The van der Waals surface area contributed by atoms with Gasteiger partial charge in [0.2, 0.25) is 17.7 Å². The molecule has 2 heterocycles. The van der Waals surface area contributed by atoms with Crippen molar-refractivity contribution in [3.05, 3.63) is 35.4 Å². The number of carbonyl (C=O) groups is 3. The SMILES string of the molecule is CC(=O)NCCC(=O)N1CCC2(CCCN(Cc3ccc(C(C)C)cc3)C2=O)C1. The molecule has 0 aromatic heterocycles. The topological polar surface area (TPSA) is 69.7 Å².